The molecule has 0 fully saturated rings. The van der Waals surface area contributed by atoms with E-state index in [1.54, 1.807) is 18.3 Å². The third-order valence-electron chi connectivity index (χ3n) is 3.19. The van der Waals surface area contributed by atoms with E-state index < -0.39 is 24.0 Å². The van der Waals surface area contributed by atoms with Crippen molar-refractivity contribution in [1.29, 1.82) is 0 Å². The number of hydrogen-bond donors (Lipinski definition) is 0. The molecule has 1 unspecified atom stereocenters. The number of nitrogens with zero attached hydrogens (tertiary/aromatic N) is 4. The average Bonchev–Trinajstić information content (AvgIpc) is 2.95. The lowest BCUT2D eigenvalue weighted by molar-refractivity contribution is -0.190. The number of hydrogen-bond acceptors (Lipinski definition) is 4. The van der Waals surface area contributed by atoms with Crippen LogP contribution in [-0.4, -0.2) is 32.1 Å². The second-order valence-corrected chi connectivity index (χ2v) is 4.83. The largest absolute Gasteiger partial charge is 0.463 e. The van der Waals surface area contributed by atoms with E-state index in [1.165, 1.54) is 16.9 Å². The molecule has 5 nitrogen and oxygen atoms in total. The van der Waals surface area contributed by atoms with Gasteiger partial charge in [-0.15, -0.1) is 5.10 Å². The van der Waals surface area contributed by atoms with Crippen LogP contribution in [0.4, 0.5) is 17.6 Å². The zero-order valence-corrected chi connectivity index (χ0v) is 11.8. The lowest BCUT2D eigenvalue weighted by Crippen LogP contribution is -2.31. The lowest BCUT2D eigenvalue weighted by atomic mass is 10.1. The zero-order valence-electron chi connectivity index (χ0n) is 11.8. The molecule has 0 bridgehead atoms. The number of pyridine rings is 2. The first kappa shape index (κ1) is 15.2. The van der Waals surface area contributed by atoms with Gasteiger partial charge < -0.3 is 4.74 Å². The lowest BCUT2D eigenvalue weighted by Gasteiger charge is -2.17. The molecule has 0 aliphatic rings. The average molecular weight is 326 g/mol. The highest BCUT2D eigenvalue weighted by Gasteiger charge is 2.38. The Morgan fingerprint density at radius 2 is 1.96 bits per heavy atom. The molecule has 0 aliphatic heterocycles. The minimum atomic E-state index is -4.59. The quantitative estimate of drug-likeness (QED) is 0.693. The fourth-order valence-electron chi connectivity index (χ4n) is 1.91. The summed E-state index contributed by atoms with van der Waals surface area (Å²) in [6.07, 6.45) is -2.34. The van der Waals surface area contributed by atoms with Crippen molar-refractivity contribution < 1.29 is 22.3 Å². The molecule has 0 aromatic carbocycles. The summed E-state index contributed by atoms with van der Waals surface area (Å²) in [5.74, 6) is -1.66. The van der Waals surface area contributed by atoms with Crippen LogP contribution in [-0.2, 0) is 0 Å². The number of alkyl halides is 3. The van der Waals surface area contributed by atoms with Gasteiger partial charge in [-0.25, -0.2) is 13.9 Å². The molecule has 3 heterocycles. The van der Waals surface area contributed by atoms with Crippen molar-refractivity contribution in [3.05, 3.63) is 42.6 Å². The van der Waals surface area contributed by atoms with E-state index >= 15 is 0 Å². The smallest absolute Gasteiger partial charge is 0.425 e. The van der Waals surface area contributed by atoms with Crippen molar-refractivity contribution in [2.75, 3.05) is 0 Å². The number of fused-ring (bicyclic) bond motifs is 1. The van der Waals surface area contributed by atoms with Crippen molar-refractivity contribution in [1.82, 2.24) is 19.8 Å². The fraction of sp³-hybridized carbons (Fsp3) is 0.214. The molecule has 0 N–H and O–H groups in total. The molecule has 1 atom stereocenters. The number of aromatic nitrogens is 4. The van der Waals surface area contributed by atoms with Gasteiger partial charge in [0.2, 0.25) is 0 Å². The Hall–Kier alpha value is -2.71. The summed E-state index contributed by atoms with van der Waals surface area (Å²) in [6.45, 7) is 0.787. The summed E-state index contributed by atoms with van der Waals surface area (Å²) in [5, 5.41) is 7.51. The van der Waals surface area contributed by atoms with Gasteiger partial charge in [0.05, 0.1) is 11.7 Å². The maximum Gasteiger partial charge on any atom is 0.425 e. The van der Waals surface area contributed by atoms with Crippen LogP contribution in [0.5, 0.6) is 5.88 Å². The van der Waals surface area contributed by atoms with Gasteiger partial charge in [0.15, 0.2) is 11.9 Å². The van der Waals surface area contributed by atoms with Gasteiger partial charge in [0, 0.05) is 18.0 Å². The Kier molecular flexibility index (Phi) is 3.63. The molecule has 0 saturated carbocycles. The number of ether oxygens (including phenoxy) is 1. The van der Waals surface area contributed by atoms with Gasteiger partial charge in [-0.3, -0.25) is 0 Å². The molecule has 3 aromatic heterocycles. The van der Waals surface area contributed by atoms with Gasteiger partial charge in [0.1, 0.15) is 0 Å². The summed E-state index contributed by atoms with van der Waals surface area (Å²) in [5.41, 5.74) is 1.72. The SMILES string of the molecule is CC(Oc1ncc(-c2ccn3nncc3c2)cc1F)C(F)(F)F. The van der Waals surface area contributed by atoms with Crippen LogP contribution < -0.4 is 4.74 Å². The van der Waals surface area contributed by atoms with E-state index in [0.29, 0.717) is 16.6 Å². The Morgan fingerprint density at radius 3 is 2.65 bits per heavy atom. The molecular weight excluding hydrogens is 316 g/mol. The first-order chi connectivity index (χ1) is 10.8. The first-order valence-electron chi connectivity index (χ1n) is 6.54. The van der Waals surface area contributed by atoms with Crippen molar-refractivity contribution in [3.8, 4) is 17.0 Å². The van der Waals surface area contributed by atoms with Crippen molar-refractivity contribution in [3.63, 3.8) is 0 Å². The maximum atomic E-state index is 14.0. The normalized spacial score (nSPS) is 13.3. The van der Waals surface area contributed by atoms with Crippen molar-refractivity contribution >= 4 is 5.52 Å². The van der Waals surface area contributed by atoms with E-state index in [4.69, 9.17) is 0 Å². The Morgan fingerprint density at radius 1 is 1.17 bits per heavy atom. The molecule has 0 radical (unpaired) electrons. The summed E-state index contributed by atoms with van der Waals surface area (Å²) >= 11 is 0. The molecule has 0 amide bonds. The minimum absolute atomic E-state index is 0.401. The standard InChI is InChI=1S/C14H10F4N4O/c1-8(14(16,17)18)23-13-12(15)5-10(6-19-13)9-2-3-22-11(4-9)7-20-21-22/h2-8H,1H3. The highest BCUT2D eigenvalue weighted by atomic mass is 19.4. The second kappa shape index (κ2) is 5.49. The van der Waals surface area contributed by atoms with E-state index in [9.17, 15) is 17.6 Å². The Bertz CT molecular complexity index is 846. The molecule has 3 rings (SSSR count). The minimum Gasteiger partial charge on any atom is -0.463 e. The molecule has 9 heteroatoms. The topological polar surface area (TPSA) is 52.3 Å². The maximum absolute atomic E-state index is 14.0. The summed E-state index contributed by atoms with van der Waals surface area (Å²) in [6, 6.07) is 4.44. The summed E-state index contributed by atoms with van der Waals surface area (Å²) in [7, 11) is 0. The van der Waals surface area contributed by atoms with Gasteiger partial charge in [-0.1, -0.05) is 5.21 Å². The second-order valence-electron chi connectivity index (χ2n) is 4.83. The zero-order chi connectivity index (χ0) is 16.6. The number of rotatable bonds is 3. The highest BCUT2D eigenvalue weighted by molar-refractivity contribution is 5.67. The van der Waals surface area contributed by atoms with Crippen LogP contribution >= 0.6 is 0 Å². The van der Waals surface area contributed by atoms with Crippen LogP contribution in [0, 0.1) is 5.82 Å². The van der Waals surface area contributed by atoms with Crippen molar-refractivity contribution in [2.24, 2.45) is 0 Å². The first-order valence-corrected chi connectivity index (χ1v) is 6.54. The molecule has 23 heavy (non-hydrogen) atoms. The third kappa shape index (κ3) is 3.08. The van der Waals surface area contributed by atoms with Crippen molar-refractivity contribution in [2.45, 2.75) is 19.2 Å². The predicted molar refractivity (Wildman–Crippen MR) is 72.3 cm³/mol. The van der Waals surface area contributed by atoms with Crippen LogP contribution in [0.25, 0.3) is 16.6 Å². The van der Waals surface area contributed by atoms with E-state index in [-0.39, 0.29) is 0 Å². The molecule has 0 saturated heterocycles. The Labute approximate surface area is 127 Å². The van der Waals surface area contributed by atoms with Crippen LogP contribution in [0.15, 0.2) is 36.8 Å². The molecule has 3 aromatic rings. The summed E-state index contributed by atoms with van der Waals surface area (Å²) in [4.78, 5) is 3.64. The fourth-order valence-corrected chi connectivity index (χ4v) is 1.91. The van der Waals surface area contributed by atoms with Crippen LogP contribution in [0.2, 0.25) is 0 Å². The third-order valence-corrected chi connectivity index (χ3v) is 3.19. The van der Waals surface area contributed by atoms with Crippen LogP contribution in [0.3, 0.4) is 0 Å². The molecular formula is C14H10F4N4O. The summed E-state index contributed by atoms with van der Waals surface area (Å²) < 4.78 is 57.3. The molecule has 0 spiro atoms. The van der Waals surface area contributed by atoms with E-state index in [2.05, 4.69) is 20.0 Å². The Balaban J connectivity index is 1.89. The van der Waals surface area contributed by atoms with E-state index in [0.717, 1.165) is 13.0 Å². The van der Waals surface area contributed by atoms with Crippen LogP contribution in [0.1, 0.15) is 6.92 Å². The number of halogens is 4. The predicted octanol–water partition coefficient (Wildman–Crippen LogP) is 3.26. The van der Waals surface area contributed by atoms with E-state index in [1.807, 2.05) is 0 Å². The molecule has 0 aliphatic carbocycles. The highest BCUT2D eigenvalue weighted by Crippen LogP contribution is 2.28. The monoisotopic (exact) mass is 326 g/mol. The van der Waals surface area contributed by atoms with Gasteiger partial charge >= 0.3 is 6.18 Å². The molecule has 120 valence electrons. The van der Waals surface area contributed by atoms with Gasteiger partial charge in [0.25, 0.3) is 5.88 Å². The van der Waals surface area contributed by atoms with Gasteiger partial charge in [-0.05, 0) is 30.7 Å². The van der Waals surface area contributed by atoms with Gasteiger partial charge in [-0.2, -0.15) is 13.2 Å².